The summed E-state index contributed by atoms with van der Waals surface area (Å²) in [5.74, 6) is 0.999. The largest absolute Gasteiger partial charge is 0.468 e. The zero-order valence-electron chi connectivity index (χ0n) is 14.3. The normalized spacial score (nSPS) is 12.5. The molecule has 0 fully saturated rings. The second-order valence-electron chi connectivity index (χ2n) is 6.92. The number of nitrogens with one attached hydrogen (secondary N) is 1. The Hall–Kier alpha value is -1.28. The summed E-state index contributed by atoms with van der Waals surface area (Å²) in [6, 6.07) is 3.94. The molecule has 0 aliphatic carbocycles. The van der Waals surface area contributed by atoms with Crippen molar-refractivity contribution in [1.82, 2.24) is 5.32 Å². The standard InChI is InChI=1S/C19H31NO/c1-16(2)8-6-9-17(3)11-12-19(4,5)15-20-14-18-10-7-13-21-18/h7-8,10-11,13,20H,6,9,12,14-15H2,1-5H3/b17-11+. The molecule has 2 nitrogen and oxygen atoms in total. The highest BCUT2D eigenvalue weighted by atomic mass is 16.3. The highest BCUT2D eigenvalue weighted by Gasteiger charge is 2.15. The molecule has 0 aliphatic rings. The van der Waals surface area contributed by atoms with Crippen LogP contribution in [0.3, 0.4) is 0 Å². The summed E-state index contributed by atoms with van der Waals surface area (Å²) in [4.78, 5) is 0. The van der Waals surface area contributed by atoms with Gasteiger partial charge in [-0.3, -0.25) is 0 Å². The van der Waals surface area contributed by atoms with E-state index >= 15 is 0 Å². The van der Waals surface area contributed by atoms with Crippen molar-refractivity contribution in [1.29, 1.82) is 0 Å². The zero-order valence-corrected chi connectivity index (χ0v) is 14.3. The SMILES string of the molecule is CC(C)=CCC/C(C)=C/CC(C)(C)CNCc1ccco1. The molecule has 21 heavy (non-hydrogen) atoms. The first-order chi connectivity index (χ1) is 9.89. The van der Waals surface area contributed by atoms with Gasteiger partial charge in [0.1, 0.15) is 5.76 Å². The molecule has 1 aromatic rings. The van der Waals surface area contributed by atoms with Gasteiger partial charge < -0.3 is 9.73 Å². The Bertz CT molecular complexity index is 448. The van der Waals surface area contributed by atoms with E-state index in [2.05, 4.69) is 52.1 Å². The topological polar surface area (TPSA) is 25.2 Å². The van der Waals surface area contributed by atoms with Gasteiger partial charge in [-0.25, -0.2) is 0 Å². The molecule has 0 radical (unpaired) electrons. The summed E-state index contributed by atoms with van der Waals surface area (Å²) in [6.07, 6.45) is 9.86. The highest BCUT2D eigenvalue weighted by molar-refractivity contribution is 5.04. The van der Waals surface area contributed by atoms with Crippen LogP contribution in [0.2, 0.25) is 0 Å². The van der Waals surface area contributed by atoms with Crippen LogP contribution in [0.4, 0.5) is 0 Å². The molecule has 0 saturated carbocycles. The van der Waals surface area contributed by atoms with Crippen molar-refractivity contribution < 1.29 is 4.42 Å². The third kappa shape index (κ3) is 8.56. The molecule has 0 atom stereocenters. The summed E-state index contributed by atoms with van der Waals surface area (Å²) in [7, 11) is 0. The predicted octanol–water partition coefficient (Wildman–Crippen LogP) is 5.48. The van der Waals surface area contributed by atoms with Crippen molar-refractivity contribution in [2.45, 2.75) is 60.4 Å². The second kappa shape index (κ2) is 8.89. The van der Waals surface area contributed by atoms with E-state index in [1.165, 1.54) is 17.6 Å². The molecule has 0 aromatic carbocycles. The van der Waals surface area contributed by atoms with Crippen LogP contribution in [0.1, 0.15) is 59.6 Å². The van der Waals surface area contributed by atoms with Crippen LogP contribution in [-0.2, 0) is 6.54 Å². The van der Waals surface area contributed by atoms with Gasteiger partial charge in [0.2, 0.25) is 0 Å². The molecule has 0 amide bonds. The lowest BCUT2D eigenvalue weighted by Crippen LogP contribution is -2.28. The monoisotopic (exact) mass is 289 g/mol. The van der Waals surface area contributed by atoms with Crippen molar-refractivity contribution in [3.63, 3.8) is 0 Å². The first-order valence-electron chi connectivity index (χ1n) is 7.91. The van der Waals surface area contributed by atoms with E-state index in [0.717, 1.165) is 31.7 Å². The van der Waals surface area contributed by atoms with Crippen molar-refractivity contribution in [3.8, 4) is 0 Å². The van der Waals surface area contributed by atoms with Crippen LogP contribution in [0.25, 0.3) is 0 Å². The van der Waals surface area contributed by atoms with E-state index in [0.29, 0.717) is 0 Å². The summed E-state index contributed by atoms with van der Waals surface area (Å²) in [5.41, 5.74) is 3.17. The smallest absolute Gasteiger partial charge is 0.117 e. The number of allylic oxidation sites excluding steroid dienone is 4. The van der Waals surface area contributed by atoms with Crippen molar-refractivity contribution in [3.05, 3.63) is 47.5 Å². The molecule has 0 unspecified atom stereocenters. The molecule has 118 valence electrons. The maximum absolute atomic E-state index is 5.33. The fraction of sp³-hybridized carbons (Fsp3) is 0.579. The first-order valence-corrected chi connectivity index (χ1v) is 7.91. The highest BCUT2D eigenvalue weighted by Crippen LogP contribution is 2.22. The number of rotatable bonds is 9. The lowest BCUT2D eigenvalue weighted by molar-refractivity contribution is 0.335. The van der Waals surface area contributed by atoms with Crippen LogP contribution in [0, 0.1) is 5.41 Å². The van der Waals surface area contributed by atoms with Crippen molar-refractivity contribution in [2.24, 2.45) is 5.41 Å². The molecule has 1 rings (SSSR count). The molecule has 1 aromatic heterocycles. The number of furan rings is 1. The van der Waals surface area contributed by atoms with Gasteiger partial charge in [0.25, 0.3) is 0 Å². The van der Waals surface area contributed by atoms with Crippen LogP contribution in [-0.4, -0.2) is 6.54 Å². The van der Waals surface area contributed by atoms with Gasteiger partial charge in [-0.1, -0.05) is 37.1 Å². The second-order valence-corrected chi connectivity index (χ2v) is 6.92. The predicted molar refractivity (Wildman–Crippen MR) is 91.2 cm³/mol. The van der Waals surface area contributed by atoms with Crippen molar-refractivity contribution in [2.75, 3.05) is 6.54 Å². The van der Waals surface area contributed by atoms with Crippen LogP contribution < -0.4 is 5.32 Å². The molecule has 0 saturated heterocycles. The Morgan fingerprint density at radius 3 is 2.62 bits per heavy atom. The quantitative estimate of drug-likeness (QED) is 0.609. The third-order valence-corrected chi connectivity index (χ3v) is 3.58. The summed E-state index contributed by atoms with van der Waals surface area (Å²) in [5, 5.41) is 3.48. The lowest BCUT2D eigenvalue weighted by atomic mass is 9.88. The molecule has 1 N–H and O–H groups in total. The third-order valence-electron chi connectivity index (χ3n) is 3.58. The maximum atomic E-state index is 5.33. The Labute approximate surface area is 130 Å². The van der Waals surface area contributed by atoms with Crippen LogP contribution in [0.15, 0.2) is 46.1 Å². The van der Waals surface area contributed by atoms with E-state index in [1.807, 2.05) is 12.1 Å². The lowest BCUT2D eigenvalue weighted by Gasteiger charge is -2.23. The van der Waals surface area contributed by atoms with E-state index < -0.39 is 0 Å². The first kappa shape index (κ1) is 17.8. The minimum absolute atomic E-state index is 0.268. The average molecular weight is 289 g/mol. The van der Waals surface area contributed by atoms with E-state index in [9.17, 15) is 0 Å². The van der Waals surface area contributed by atoms with E-state index in [-0.39, 0.29) is 5.41 Å². The van der Waals surface area contributed by atoms with Gasteiger partial charge in [0.05, 0.1) is 12.8 Å². The maximum Gasteiger partial charge on any atom is 0.117 e. The molecule has 0 spiro atoms. The molecule has 2 heteroatoms. The minimum atomic E-state index is 0.268. The van der Waals surface area contributed by atoms with Gasteiger partial charge in [-0.2, -0.15) is 0 Å². The van der Waals surface area contributed by atoms with Gasteiger partial charge in [0.15, 0.2) is 0 Å². The van der Waals surface area contributed by atoms with E-state index in [4.69, 9.17) is 4.42 Å². The van der Waals surface area contributed by atoms with Crippen molar-refractivity contribution >= 4 is 0 Å². The Morgan fingerprint density at radius 2 is 2.00 bits per heavy atom. The fourth-order valence-corrected chi connectivity index (χ4v) is 2.15. The van der Waals surface area contributed by atoms with Gasteiger partial charge in [-0.15, -0.1) is 0 Å². The zero-order chi connectivity index (χ0) is 15.7. The summed E-state index contributed by atoms with van der Waals surface area (Å²) in [6.45, 7) is 13.0. The molecule has 0 aliphatic heterocycles. The fourth-order valence-electron chi connectivity index (χ4n) is 2.15. The molecular formula is C19H31NO. The molecular weight excluding hydrogens is 258 g/mol. The van der Waals surface area contributed by atoms with Gasteiger partial charge >= 0.3 is 0 Å². The molecule has 1 heterocycles. The minimum Gasteiger partial charge on any atom is -0.468 e. The van der Waals surface area contributed by atoms with Crippen LogP contribution in [0.5, 0.6) is 0 Å². The van der Waals surface area contributed by atoms with E-state index in [1.54, 1.807) is 6.26 Å². The Morgan fingerprint density at radius 1 is 1.24 bits per heavy atom. The van der Waals surface area contributed by atoms with Gasteiger partial charge in [0, 0.05) is 6.54 Å². The Balaban J connectivity index is 2.28. The number of hydrogen-bond acceptors (Lipinski definition) is 2. The summed E-state index contributed by atoms with van der Waals surface area (Å²) < 4.78 is 5.33. The van der Waals surface area contributed by atoms with Gasteiger partial charge in [-0.05, 0) is 57.6 Å². The molecule has 0 bridgehead atoms. The van der Waals surface area contributed by atoms with Crippen LogP contribution >= 0.6 is 0 Å². The average Bonchev–Trinajstić information content (AvgIpc) is 2.89. The Kier molecular flexibility index (Phi) is 7.52. The number of hydrogen-bond donors (Lipinski definition) is 1. The summed E-state index contributed by atoms with van der Waals surface area (Å²) >= 11 is 0.